The van der Waals surface area contributed by atoms with Gasteiger partial charge in [0.05, 0.1) is 6.61 Å². The van der Waals surface area contributed by atoms with E-state index in [4.69, 9.17) is 4.74 Å². The average Bonchev–Trinajstić information content (AvgIpc) is 2.68. The van der Waals surface area contributed by atoms with Crippen molar-refractivity contribution < 1.29 is 31.1 Å². The minimum absolute atomic E-state index is 0.273. The molecule has 0 spiro atoms. The van der Waals surface area contributed by atoms with Gasteiger partial charge in [0.15, 0.2) is 11.4 Å². The number of fused-ring (bicyclic) bond motifs is 1. The SMILES string of the molecule is O=C(NS(=O)(=O)CC(F)(F)F)c1cc2n(n1)CCCO2. The van der Waals surface area contributed by atoms with Gasteiger partial charge >= 0.3 is 6.18 Å². The molecule has 2 heterocycles. The first-order valence-electron chi connectivity index (χ1n) is 5.48. The first kappa shape index (κ1) is 14.6. The highest BCUT2D eigenvalue weighted by molar-refractivity contribution is 7.90. The van der Waals surface area contributed by atoms with Gasteiger partial charge in [0.25, 0.3) is 5.91 Å². The summed E-state index contributed by atoms with van der Waals surface area (Å²) in [6.45, 7) is 0.914. The van der Waals surface area contributed by atoms with E-state index < -0.39 is 27.9 Å². The van der Waals surface area contributed by atoms with Crippen LogP contribution in [0, 0.1) is 0 Å². The Balaban J connectivity index is 2.10. The van der Waals surface area contributed by atoms with Crippen LogP contribution in [0.3, 0.4) is 0 Å². The zero-order valence-corrected chi connectivity index (χ0v) is 10.8. The lowest BCUT2D eigenvalue weighted by Crippen LogP contribution is -2.37. The highest BCUT2D eigenvalue weighted by Crippen LogP contribution is 2.19. The summed E-state index contributed by atoms with van der Waals surface area (Å²) in [4.78, 5) is 11.6. The predicted octanol–water partition coefficient (Wildman–Crippen LogP) is 0.287. The van der Waals surface area contributed by atoms with Crippen molar-refractivity contribution in [3.05, 3.63) is 11.8 Å². The van der Waals surface area contributed by atoms with Crippen LogP contribution in [0.2, 0.25) is 0 Å². The van der Waals surface area contributed by atoms with E-state index in [0.717, 1.165) is 0 Å². The lowest BCUT2D eigenvalue weighted by Gasteiger charge is -2.13. The molecule has 1 amide bonds. The second-order valence-electron chi connectivity index (χ2n) is 4.10. The van der Waals surface area contributed by atoms with Gasteiger partial charge in [-0.25, -0.2) is 17.8 Å². The van der Waals surface area contributed by atoms with Gasteiger partial charge < -0.3 is 4.74 Å². The molecule has 0 radical (unpaired) electrons. The van der Waals surface area contributed by atoms with Crippen molar-refractivity contribution in [3.8, 4) is 5.88 Å². The molecule has 0 aliphatic carbocycles. The average molecular weight is 313 g/mol. The lowest BCUT2D eigenvalue weighted by atomic mass is 10.4. The third-order valence-electron chi connectivity index (χ3n) is 2.34. The number of carbonyl (C=O) groups is 1. The molecule has 0 bridgehead atoms. The zero-order chi connectivity index (χ0) is 15.0. The van der Waals surface area contributed by atoms with Crippen LogP contribution in [-0.2, 0) is 16.6 Å². The van der Waals surface area contributed by atoms with Crippen LogP contribution >= 0.6 is 0 Å². The Morgan fingerprint density at radius 2 is 2.20 bits per heavy atom. The predicted molar refractivity (Wildman–Crippen MR) is 59.6 cm³/mol. The molecule has 1 N–H and O–H groups in total. The van der Waals surface area contributed by atoms with Crippen molar-refractivity contribution in [2.75, 3.05) is 12.4 Å². The molecule has 20 heavy (non-hydrogen) atoms. The smallest absolute Gasteiger partial charge is 0.404 e. The van der Waals surface area contributed by atoms with Gasteiger partial charge in [0, 0.05) is 19.0 Å². The van der Waals surface area contributed by atoms with Gasteiger partial charge in [-0.3, -0.25) is 4.79 Å². The fourth-order valence-electron chi connectivity index (χ4n) is 1.62. The first-order valence-corrected chi connectivity index (χ1v) is 7.14. The summed E-state index contributed by atoms with van der Waals surface area (Å²) in [5.41, 5.74) is -0.312. The normalized spacial score (nSPS) is 15.3. The summed E-state index contributed by atoms with van der Waals surface area (Å²) in [6, 6.07) is 1.18. The summed E-state index contributed by atoms with van der Waals surface area (Å²) < 4.78 is 66.2. The van der Waals surface area contributed by atoms with Crippen LogP contribution < -0.4 is 9.46 Å². The van der Waals surface area contributed by atoms with Gasteiger partial charge in [-0.05, 0) is 0 Å². The Morgan fingerprint density at radius 1 is 1.50 bits per heavy atom. The standard InChI is InChI=1S/C9H10F3N3O4S/c10-9(11,12)5-20(17,18)14-8(16)6-4-7-15(13-6)2-1-3-19-7/h4H,1-3,5H2,(H,14,16). The van der Waals surface area contributed by atoms with Gasteiger partial charge in [-0.1, -0.05) is 0 Å². The molecule has 0 saturated heterocycles. The van der Waals surface area contributed by atoms with Gasteiger partial charge in [-0.15, -0.1) is 0 Å². The zero-order valence-electron chi connectivity index (χ0n) is 9.98. The third kappa shape index (κ3) is 3.62. The van der Waals surface area contributed by atoms with Crippen molar-refractivity contribution in [2.24, 2.45) is 0 Å². The maximum atomic E-state index is 12.0. The molecule has 112 valence electrons. The number of hydrogen-bond donors (Lipinski definition) is 1. The molecule has 2 rings (SSSR count). The molecule has 7 nitrogen and oxygen atoms in total. The van der Waals surface area contributed by atoms with Crippen LogP contribution in [0.1, 0.15) is 16.9 Å². The molecule has 11 heteroatoms. The van der Waals surface area contributed by atoms with Crippen molar-refractivity contribution in [1.29, 1.82) is 0 Å². The van der Waals surface area contributed by atoms with Crippen LogP contribution in [0.5, 0.6) is 5.88 Å². The number of carbonyl (C=O) groups excluding carboxylic acids is 1. The molecular formula is C9H10F3N3O4S. The van der Waals surface area contributed by atoms with Gasteiger partial charge in [-0.2, -0.15) is 18.3 Å². The number of nitrogens with zero attached hydrogens (tertiary/aromatic N) is 2. The molecule has 1 aliphatic rings. The molecule has 0 saturated carbocycles. The molecule has 1 aromatic heterocycles. The molecule has 0 unspecified atom stereocenters. The van der Waals surface area contributed by atoms with Crippen LogP contribution in [0.25, 0.3) is 0 Å². The minimum atomic E-state index is -4.93. The highest BCUT2D eigenvalue weighted by atomic mass is 32.2. The quantitative estimate of drug-likeness (QED) is 0.866. The number of amides is 1. The second-order valence-corrected chi connectivity index (χ2v) is 5.82. The number of aromatic nitrogens is 2. The number of ether oxygens (including phenoxy) is 1. The van der Waals surface area contributed by atoms with Crippen LogP contribution in [0.15, 0.2) is 6.07 Å². The summed E-state index contributed by atoms with van der Waals surface area (Å²) in [5, 5.41) is 3.77. The van der Waals surface area contributed by atoms with E-state index in [2.05, 4.69) is 5.10 Å². The Morgan fingerprint density at radius 3 is 2.80 bits per heavy atom. The van der Waals surface area contributed by atoms with E-state index in [9.17, 15) is 26.4 Å². The lowest BCUT2D eigenvalue weighted by molar-refractivity contribution is -0.106. The molecule has 0 atom stereocenters. The van der Waals surface area contributed by atoms with Gasteiger partial charge in [0.1, 0.15) is 0 Å². The van der Waals surface area contributed by atoms with E-state index in [1.54, 1.807) is 0 Å². The number of sulfonamides is 1. The summed E-state index contributed by atoms with van der Waals surface area (Å²) in [6.07, 6.45) is -4.26. The Kier molecular flexibility index (Phi) is 3.63. The number of hydrogen-bond acceptors (Lipinski definition) is 5. The van der Waals surface area contributed by atoms with E-state index in [-0.39, 0.29) is 11.6 Å². The van der Waals surface area contributed by atoms with E-state index in [1.165, 1.54) is 15.5 Å². The molecule has 0 fully saturated rings. The van der Waals surface area contributed by atoms with Crippen molar-refractivity contribution in [3.63, 3.8) is 0 Å². The minimum Gasteiger partial charge on any atom is -0.478 e. The number of halogens is 3. The Labute approximate surface area is 111 Å². The highest BCUT2D eigenvalue weighted by Gasteiger charge is 2.36. The van der Waals surface area contributed by atoms with Crippen molar-refractivity contribution in [2.45, 2.75) is 19.1 Å². The van der Waals surface area contributed by atoms with E-state index in [0.29, 0.717) is 19.6 Å². The molecule has 1 aliphatic heterocycles. The Bertz CT molecular complexity index is 599. The molecule has 1 aromatic rings. The summed E-state index contributed by atoms with van der Waals surface area (Å²) >= 11 is 0. The van der Waals surface area contributed by atoms with E-state index in [1.807, 2.05) is 0 Å². The summed E-state index contributed by atoms with van der Waals surface area (Å²) in [5.74, 6) is -3.08. The maximum Gasteiger partial charge on any atom is 0.404 e. The van der Waals surface area contributed by atoms with Crippen LogP contribution in [0.4, 0.5) is 13.2 Å². The number of rotatable bonds is 3. The molecule has 0 aromatic carbocycles. The van der Waals surface area contributed by atoms with E-state index >= 15 is 0 Å². The summed E-state index contributed by atoms with van der Waals surface area (Å²) in [7, 11) is -4.80. The van der Waals surface area contributed by atoms with Crippen molar-refractivity contribution >= 4 is 15.9 Å². The number of aryl methyl sites for hydroxylation is 1. The second kappa shape index (κ2) is 4.96. The fraction of sp³-hybridized carbons (Fsp3) is 0.556. The third-order valence-corrected chi connectivity index (χ3v) is 3.55. The van der Waals surface area contributed by atoms with Crippen molar-refractivity contribution in [1.82, 2.24) is 14.5 Å². The Hall–Kier alpha value is -1.78. The van der Waals surface area contributed by atoms with Gasteiger partial charge in [0.2, 0.25) is 15.9 Å². The number of nitrogens with one attached hydrogen (secondary N) is 1. The van der Waals surface area contributed by atoms with Crippen LogP contribution in [-0.4, -0.2) is 42.6 Å². The first-order chi connectivity index (χ1) is 9.16. The number of alkyl halides is 3. The fourth-order valence-corrected chi connectivity index (χ4v) is 2.51. The largest absolute Gasteiger partial charge is 0.478 e. The molecular weight excluding hydrogens is 303 g/mol. The maximum absolute atomic E-state index is 12.0. The topological polar surface area (TPSA) is 90.3 Å². The monoisotopic (exact) mass is 313 g/mol.